The molecule has 0 spiro atoms. The number of benzene rings is 2. The summed E-state index contributed by atoms with van der Waals surface area (Å²) in [6, 6.07) is 13.0. The van der Waals surface area contributed by atoms with Crippen molar-refractivity contribution in [3.05, 3.63) is 59.2 Å². The van der Waals surface area contributed by atoms with Gasteiger partial charge in [-0.25, -0.2) is 0 Å². The van der Waals surface area contributed by atoms with E-state index in [-0.39, 0.29) is 0 Å². The highest BCUT2D eigenvalue weighted by Gasteiger charge is 2.19. The van der Waals surface area contributed by atoms with Crippen LogP contribution in [0.3, 0.4) is 0 Å². The lowest BCUT2D eigenvalue weighted by molar-refractivity contribution is -0.135. The van der Waals surface area contributed by atoms with Gasteiger partial charge in [0, 0.05) is 0 Å². The van der Waals surface area contributed by atoms with E-state index >= 15 is 0 Å². The second-order valence-corrected chi connectivity index (χ2v) is 6.56. The third-order valence-electron chi connectivity index (χ3n) is 4.17. The van der Waals surface area contributed by atoms with Crippen molar-refractivity contribution >= 4 is 11.8 Å². The van der Waals surface area contributed by atoms with E-state index in [0.717, 1.165) is 16.7 Å². The summed E-state index contributed by atoms with van der Waals surface area (Å²) >= 11 is 0. The Morgan fingerprint density at radius 3 is 1.74 bits per heavy atom. The van der Waals surface area contributed by atoms with Gasteiger partial charge in [-0.15, -0.1) is 0 Å². The first-order chi connectivity index (χ1) is 12.8. The third kappa shape index (κ3) is 6.02. The third-order valence-corrected chi connectivity index (χ3v) is 4.17. The number of rotatable bonds is 6. The van der Waals surface area contributed by atoms with Gasteiger partial charge >= 0.3 is 0 Å². The molecule has 2 atom stereocenters. The molecule has 2 aromatic rings. The zero-order valence-corrected chi connectivity index (χ0v) is 16.3. The average Bonchev–Trinajstić information content (AvgIpc) is 2.64. The molecule has 2 amide bonds. The molecule has 0 radical (unpaired) electrons. The average molecular weight is 370 g/mol. The van der Waals surface area contributed by atoms with E-state index in [2.05, 4.69) is 10.9 Å². The molecule has 0 saturated carbocycles. The van der Waals surface area contributed by atoms with Crippen molar-refractivity contribution in [1.82, 2.24) is 10.9 Å². The molecule has 0 aliphatic heterocycles. The molecule has 0 aliphatic rings. The second-order valence-electron chi connectivity index (χ2n) is 6.56. The van der Waals surface area contributed by atoms with Crippen LogP contribution in [0.4, 0.5) is 0 Å². The van der Waals surface area contributed by atoms with Crippen molar-refractivity contribution in [3.63, 3.8) is 0 Å². The molecule has 0 aliphatic carbocycles. The molecule has 144 valence electrons. The summed E-state index contributed by atoms with van der Waals surface area (Å²) < 4.78 is 11.2. The molecule has 0 aromatic heterocycles. The van der Waals surface area contributed by atoms with Gasteiger partial charge < -0.3 is 9.47 Å². The number of carbonyl (C=O) groups is 2. The molecule has 0 saturated heterocycles. The van der Waals surface area contributed by atoms with Crippen molar-refractivity contribution < 1.29 is 19.1 Å². The summed E-state index contributed by atoms with van der Waals surface area (Å²) in [6.45, 7) is 9.17. The van der Waals surface area contributed by atoms with E-state index in [0.29, 0.717) is 11.5 Å². The predicted molar refractivity (Wildman–Crippen MR) is 104 cm³/mol. The van der Waals surface area contributed by atoms with Gasteiger partial charge in [-0.3, -0.25) is 20.4 Å². The van der Waals surface area contributed by atoms with Crippen LogP contribution >= 0.6 is 0 Å². The first-order valence-electron chi connectivity index (χ1n) is 8.83. The fraction of sp³-hybridized carbons (Fsp3) is 0.333. The van der Waals surface area contributed by atoms with E-state index in [4.69, 9.17) is 9.47 Å². The van der Waals surface area contributed by atoms with Crippen LogP contribution < -0.4 is 20.3 Å². The van der Waals surface area contributed by atoms with Gasteiger partial charge in [-0.05, 0) is 70.0 Å². The number of carbonyl (C=O) groups excluding carboxylic acids is 2. The quantitative estimate of drug-likeness (QED) is 0.767. The number of ether oxygens (including phenoxy) is 2. The standard InChI is InChI=1S/C21H26N2O4/c1-13-6-9-18(10-7-13)26-16(4)20(24)22-23-21(25)17(5)27-19-11-8-14(2)15(3)12-19/h6-12,16-17H,1-5H3,(H,22,24)(H,23,25). The van der Waals surface area contributed by atoms with E-state index in [1.165, 1.54) is 0 Å². The van der Waals surface area contributed by atoms with Gasteiger partial charge in [0.2, 0.25) is 0 Å². The minimum atomic E-state index is -0.763. The lowest BCUT2D eigenvalue weighted by atomic mass is 10.1. The monoisotopic (exact) mass is 370 g/mol. The molecule has 6 nitrogen and oxygen atoms in total. The number of amides is 2. The molecule has 0 fully saturated rings. The van der Waals surface area contributed by atoms with E-state index < -0.39 is 24.0 Å². The number of hydrazine groups is 1. The zero-order chi connectivity index (χ0) is 20.0. The van der Waals surface area contributed by atoms with E-state index in [9.17, 15) is 9.59 Å². The first-order valence-corrected chi connectivity index (χ1v) is 8.83. The Morgan fingerprint density at radius 1 is 0.741 bits per heavy atom. The minimum absolute atomic E-state index is 0.455. The maximum atomic E-state index is 12.1. The number of nitrogens with one attached hydrogen (secondary N) is 2. The van der Waals surface area contributed by atoms with Crippen molar-refractivity contribution in [2.24, 2.45) is 0 Å². The predicted octanol–water partition coefficient (Wildman–Crippen LogP) is 2.99. The minimum Gasteiger partial charge on any atom is -0.481 e. The number of aryl methyl sites for hydroxylation is 3. The van der Waals surface area contributed by atoms with Crippen LogP contribution in [0, 0.1) is 20.8 Å². The Kier molecular flexibility index (Phi) is 6.82. The van der Waals surface area contributed by atoms with Crippen molar-refractivity contribution in [2.75, 3.05) is 0 Å². The van der Waals surface area contributed by atoms with Crippen molar-refractivity contribution in [2.45, 2.75) is 46.8 Å². The summed E-state index contributed by atoms with van der Waals surface area (Å²) in [7, 11) is 0. The lowest BCUT2D eigenvalue weighted by Gasteiger charge is -2.18. The van der Waals surface area contributed by atoms with Crippen LogP contribution in [0.15, 0.2) is 42.5 Å². The van der Waals surface area contributed by atoms with Crippen LogP contribution in [-0.2, 0) is 9.59 Å². The fourth-order valence-corrected chi connectivity index (χ4v) is 2.25. The molecule has 0 bridgehead atoms. The molecule has 0 heterocycles. The SMILES string of the molecule is Cc1ccc(OC(C)C(=O)NNC(=O)C(C)Oc2ccc(C)c(C)c2)cc1. The molecule has 6 heteroatoms. The molecule has 2 unspecified atom stereocenters. The first kappa shape index (κ1) is 20.3. The number of hydrogen-bond donors (Lipinski definition) is 2. The molecule has 2 N–H and O–H groups in total. The lowest BCUT2D eigenvalue weighted by Crippen LogP contribution is -2.50. The molecular formula is C21H26N2O4. The van der Waals surface area contributed by atoms with Gasteiger partial charge in [0.15, 0.2) is 12.2 Å². The van der Waals surface area contributed by atoms with Crippen LogP contribution in [0.1, 0.15) is 30.5 Å². The van der Waals surface area contributed by atoms with Gasteiger partial charge in [0.25, 0.3) is 11.8 Å². The fourth-order valence-electron chi connectivity index (χ4n) is 2.25. The van der Waals surface area contributed by atoms with Crippen LogP contribution in [0.5, 0.6) is 11.5 Å². The maximum absolute atomic E-state index is 12.1. The maximum Gasteiger partial charge on any atom is 0.279 e. The van der Waals surface area contributed by atoms with Gasteiger partial charge in [0.1, 0.15) is 11.5 Å². The molecular weight excluding hydrogens is 344 g/mol. The summed E-state index contributed by atoms with van der Waals surface area (Å²) in [6.07, 6.45) is -1.52. The summed E-state index contributed by atoms with van der Waals surface area (Å²) in [5.41, 5.74) is 8.05. The highest BCUT2D eigenvalue weighted by molar-refractivity contribution is 5.86. The normalized spacial score (nSPS) is 12.6. The zero-order valence-electron chi connectivity index (χ0n) is 16.3. The van der Waals surface area contributed by atoms with E-state index in [1.807, 2.05) is 51.1 Å². The van der Waals surface area contributed by atoms with Crippen LogP contribution in [-0.4, -0.2) is 24.0 Å². The highest BCUT2D eigenvalue weighted by Crippen LogP contribution is 2.17. The summed E-state index contributed by atoms with van der Waals surface area (Å²) in [4.78, 5) is 24.2. The van der Waals surface area contributed by atoms with Crippen molar-refractivity contribution in [1.29, 1.82) is 0 Å². The second kappa shape index (κ2) is 9.07. The van der Waals surface area contributed by atoms with Crippen LogP contribution in [0.2, 0.25) is 0 Å². The Morgan fingerprint density at radius 2 is 1.22 bits per heavy atom. The molecule has 2 aromatic carbocycles. The summed E-state index contributed by atoms with van der Waals surface area (Å²) in [5, 5.41) is 0. The summed E-state index contributed by atoms with van der Waals surface area (Å²) in [5.74, 6) is 0.274. The van der Waals surface area contributed by atoms with Gasteiger partial charge in [-0.2, -0.15) is 0 Å². The Hall–Kier alpha value is -3.02. The van der Waals surface area contributed by atoms with Gasteiger partial charge in [0.05, 0.1) is 0 Å². The van der Waals surface area contributed by atoms with Crippen LogP contribution in [0.25, 0.3) is 0 Å². The smallest absolute Gasteiger partial charge is 0.279 e. The Bertz CT molecular complexity index is 802. The Balaban J connectivity index is 1.81. The van der Waals surface area contributed by atoms with E-state index in [1.54, 1.807) is 26.0 Å². The number of hydrogen-bond acceptors (Lipinski definition) is 4. The Labute approximate surface area is 159 Å². The van der Waals surface area contributed by atoms with Gasteiger partial charge in [-0.1, -0.05) is 23.8 Å². The van der Waals surface area contributed by atoms with Crippen molar-refractivity contribution in [3.8, 4) is 11.5 Å². The molecule has 2 rings (SSSR count). The largest absolute Gasteiger partial charge is 0.481 e. The highest BCUT2D eigenvalue weighted by atomic mass is 16.5. The topological polar surface area (TPSA) is 76.7 Å². The molecule has 27 heavy (non-hydrogen) atoms.